The van der Waals surface area contributed by atoms with Gasteiger partial charge in [-0.2, -0.15) is 0 Å². The molecule has 0 saturated heterocycles. The molecule has 1 nitrogen and oxygen atoms in total. The Hall–Kier alpha value is -2.32. The Bertz CT molecular complexity index is 701. The van der Waals surface area contributed by atoms with Crippen LogP contribution in [0.1, 0.15) is 0 Å². The zero-order valence-electron chi connectivity index (χ0n) is 9.68. The molecule has 0 radical (unpaired) electrons. The zero-order chi connectivity index (χ0) is 16.1. The number of halogens is 8. The summed E-state index contributed by atoms with van der Waals surface area (Å²) in [5.41, 5.74) is -0.730. The number of anilines is 1. The summed E-state index contributed by atoms with van der Waals surface area (Å²) in [6.45, 7) is 0. The standard InChI is InChI=1S/C12H3F8N/c13-2-1-3(14)7(16)4(6(2)15)5-8(17)10(19)12(21)11(20)9(5)18/h1H,21H2. The van der Waals surface area contributed by atoms with E-state index in [1.165, 1.54) is 0 Å². The molecule has 9 heteroatoms. The minimum Gasteiger partial charge on any atom is -0.394 e. The van der Waals surface area contributed by atoms with Crippen molar-refractivity contribution in [1.29, 1.82) is 0 Å². The average molecular weight is 313 g/mol. The van der Waals surface area contributed by atoms with E-state index < -0.39 is 63.4 Å². The van der Waals surface area contributed by atoms with Crippen LogP contribution in [0.3, 0.4) is 0 Å². The third-order valence-electron chi connectivity index (χ3n) is 2.66. The van der Waals surface area contributed by atoms with Crippen molar-refractivity contribution in [1.82, 2.24) is 0 Å². The van der Waals surface area contributed by atoms with Gasteiger partial charge in [-0.1, -0.05) is 0 Å². The molecule has 0 fully saturated rings. The Morgan fingerprint density at radius 3 is 1.24 bits per heavy atom. The van der Waals surface area contributed by atoms with Gasteiger partial charge in [0.1, 0.15) is 5.69 Å². The van der Waals surface area contributed by atoms with Crippen molar-refractivity contribution in [3.63, 3.8) is 0 Å². The number of hydrogen-bond donors (Lipinski definition) is 1. The molecule has 0 saturated carbocycles. The van der Waals surface area contributed by atoms with Crippen molar-refractivity contribution in [3.05, 3.63) is 52.6 Å². The third kappa shape index (κ3) is 2.08. The SMILES string of the molecule is Nc1c(F)c(F)c(-c2c(F)c(F)cc(F)c2F)c(F)c1F. The Kier molecular flexibility index (Phi) is 3.52. The van der Waals surface area contributed by atoms with Gasteiger partial charge in [0.25, 0.3) is 0 Å². The number of nitrogens with two attached hydrogens (primary N) is 1. The molecule has 0 aliphatic carbocycles. The topological polar surface area (TPSA) is 26.0 Å². The van der Waals surface area contributed by atoms with Crippen LogP contribution in [0.5, 0.6) is 0 Å². The van der Waals surface area contributed by atoms with E-state index in [1.54, 1.807) is 0 Å². The van der Waals surface area contributed by atoms with Crippen molar-refractivity contribution in [2.24, 2.45) is 0 Å². The van der Waals surface area contributed by atoms with E-state index in [0.717, 1.165) is 0 Å². The monoisotopic (exact) mass is 313 g/mol. The second-order valence-corrected chi connectivity index (χ2v) is 3.89. The summed E-state index contributed by atoms with van der Waals surface area (Å²) in [7, 11) is 0. The fraction of sp³-hybridized carbons (Fsp3) is 0. The van der Waals surface area contributed by atoms with Crippen LogP contribution in [-0.2, 0) is 0 Å². The molecular weight excluding hydrogens is 310 g/mol. The van der Waals surface area contributed by atoms with Gasteiger partial charge in [-0.15, -0.1) is 0 Å². The van der Waals surface area contributed by atoms with E-state index >= 15 is 0 Å². The largest absolute Gasteiger partial charge is 0.394 e. The van der Waals surface area contributed by atoms with E-state index in [0.29, 0.717) is 0 Å². The van der Waals surface area contributed by atoms with Crippen LogP contribution in [0.25, 0.3) is 11.1 Å². The van der Waals surface area contributed by atoms with E-state index in [2.05, 4.69) is 0 Å². The highest BCUT2D eigenvalue weighted by Crippen LogP contribution is 2.37. The second-order valence-electron chi connectivity index (χ2n) is 3.89. The number of hydrogen-bond acceptors (Lipinski definition) is 1. The van der Waals surface area contributed by atoms with E-state index in [4.69, 9.17) is 5.73 Å². The second kappa shape index (κ2) is 4.90. The predicted molar refractivity (Wildman–Crippen MR) is 56.0 cm³/mol. The minimum atomic E-state index is -2.28. The molecule has 0 aliphatic rings. The van der Waals surface area contributed by atoms with Gasteiger partial charge < -0.3 is 5.73 Å². The fourth-order valence-corrected chi connectivity index (χ4v) is 1.66. The maximum absolute atomic E-state index is 13.6. The lowest BCUT2D eigenvalue weighted by Crippen LogP contribution is -2.09. The maximum Gasteiger partial charge on any atom is 0.185 e. The van der Waals surface area contributed by atoms with Gasteiger partial charge in [0.05, 0.1) is 11.1 Å². The first-order valence-electron chi connectivity index (χ1n) is 5.13. The van der Waals surface area contributed by atoms with Crippen molar-refractivity contribution >= 4 is 5.69 Å². The molecule has 0 aromatic heterocycles. The molecule has 0 spiro atoms. The molecule has 21 heavy (non-hydrogen) atoms. The highest BCUT2D eigenvalue weighted by molar-refractivity contribution is 5.69. The van der Waals surface area contributed by atoms with Crippen molar-refractivity contribution in [3.8, 4) is 11.1 Å². The number of rotatable bonds is 1. The fourth-order valence-electron chi connectivity index (χ4n) is 1.66. The Balaban J connectivity index is 3.00. The molecule has 0 amide bonds. The Morgan fingerprint density at radius 2 is 0.857 bits per heavy atom. The van der Waals surface area contributed by atoms with Gasteiger partial charge in [0.15, 0.2) is 46.5 Å². The van der Waals surface area contributed by atoms with E-state index in [1.807, 2.05) is 0 Å². The predicted octanol–water partition coefficient (Wildman–Crippen LogP) is 4.05. The molecule has 0 atom stereocenters. The molecule has 112 valence electrons. The summed E-state index contributed by atoms with van der Waals surface area (Å²) in [4.78, 5) is 0. The number of nitrogen functional groups attached to an aromatic ring is 1. The van der Waals surface area contributed by atoms with Crippen molar-refractivity contribution in [2.45, 2.75) is 0 Å². The van der Waals surface area contributed by atoms with E-state index in [9.17, 15) is 35.1 Å². The first kappa shape index (κ1) is 15.1. The maximum atomic E-state index is 13.6. The normalized spacial score (nSPS) is 11.0. The minimum absolute atomic E-state index is 0.228. The van der Waals surface area contributed by atoms with Crippen LogP contribution in [0.2, 0.25) is 0 Å². The zero-order valence-corrected chi connectivity index (χ0v) is 9.68. The summed E-state index contributed by atoms with van der Waals surface area (Å²) >= 11 is 0. The molecule has 0 aliphatic heterocycles. The van der Waals surface area contributed by atoms with Crippen molar-refractivity contribution < 1.29 is 35.1 Å². The molecule has 0 unspecified atom stereocenters. The molecule has 0 bridgehead atoms. The van der Waals surface area contributed by atoms with Crippen LogP contribution in [-0.4, -0.2) is 0 Å². The lowest BCUT2D eigenvalue weighted by atomic mass is 10.0. The van der Waals surface area contributed by atoms with Crippen molar-refractivity contribution in [2.75, 3.05) is 5.73 Å². The van der Waals surface area contributed by atoms with Crippen LogP contribution >= 0.6 is 0 Å². The molecule has 0 heterocycles. The molecule has 2 rings (SSSR count). The highest BCUT2D eigenvalue weighted by Gasteiger charge is 2.31. The molecule has 2 aromatic rings. The van der Waals surface area contributed by atoms with E-state index in [-0.39, 0.29) is 6.07 Å². The summed E-state index contributed by atoms with van der Waals surface area (Å²) in [6.07, 6.45) is 0. The lowest BCUT2D eigenvalue weighted by Gasteiger charge is -2.12. The Morgan fingerprint density at radius 1 is 0.524 bits per heavy atom. The molecule has 2 aromatic carbocycles. The molecular formula is C12H3F8N. The van der Waals surface area contributed by atoms with Gasteiger partial charge in [0, 0.05) is 6.07 Å². The third-order valence-corrected chi connectivity index (χ3v) is 2.66. The summed E-state index contributed by atoms with van der Waals surface area (Å²) in [5.74, 6) is -17.3. The van der Waals surface area contributed by atoms with Gasteiger partial charge in [-0.3, -0.25) is 0 Å². The smallest absolute Gasteiger partial charge is 0.185 e. The van der Waals surface area contributed by atoms with Crippen LogP contribution < -0.4 is 5.73 Å². The Labute approximate surface area is 111 Å². The van der Waals surface area contributed by atoms with Crippen LogP contribution in [0, 0.1) is 46.5 Å². The quantitative estimate of drug-likeness (QED) is 0.480. The lowest BCUT2D eigenvalue weighted by molar-refractivity contribution is 0.444. The van der Waals surface area contributed by atoms with Gasteiger partial charge in [-0.05, 0) is 0 Å². The van der Waals surface area contributed by atoms with Gasteiger partial charge >= 0.3 is 0 Å². The van der Waals surface area contributed by atoms with Gasteiger partial charge in [0.2, 0.25) is 0 Å². The van der Waals surface area contributed by atoms with Gasteiger partial charge in [-0.25, -0.2) is 35.1 Å². The average Bonchev–Trinajstić information content (AvgIpc) is 2.44. The van der Waals surface area contributed by atoms with Crippen LogP contribution in [0.4, 0.5) is 40.8 Å². The number of benzene rings is 2. The summed E-state index contributed by atoms with van der Waals surface area (Å²) in [5, 5.41) is 0. The van der Waals surface area contributed by atoms with Crippen LogP contribution in [0.15, 0.2) is 6.07 Å². The first-order chi connectivity index (χ1) is 9.68. The summed E-state index contributed by atoms with van der Waals surface area (Å²) < 4.78 is 107. The summed E-state index contributed by atoms with van der Waals surface area (Å²) in [6, 6.07) is -0.228. The molecule has 2 N–H and O–H groups in total. The highest BCUT2D eigenvalue weighted by atomic mass is 19.2. The first-order valence-corrected chi connectivity index (χ1v) is 5.13.